The fourth-order valence-corrected chi connectivity index (χ4v) is 3.85. The Balaban J connectivity index is 1.88. The number of imide groups is 1. The molecule has 1 aliphatic rings. The number of nitrogens with one attached hydrogen (secondary N) is 1. The molecule has 0 bridgehead atoms. The Morgan fingerprint density at radius 1 is 0.839 bits per heavy atom. The van der Waals surface area contributed by atoms with Gasteiger partial charge < -0.3 is 5.32 Å². The van der Waals surface area contributed by atoms with Gasteiger partial charge in [0, 0.05) is 10.7 Å². The maximum atomic E-state index is 13.5. The van der Waals surface area contributed by atoms with Crippen molar-refractivity contribution in [1.82, 2.24) is 0 Å². The third-order valence-electron chi connectivity index (χ3n) is 5.28. The average molecular weight is 435 g/mol. The van der Waals surface area contributed by atoms with E-state index in [0.29, 0.717) is 22.0 Å². The predicted molar refractivity (Wildman–Crippen MR) is 122 cm³/mol. The van der Waals surface area contributed by atoms with Crippen molar-refractivity contribution >= 4 is 40.4 Å². The van der Waals surface area contributed by atoms with Gasteiger partial charge in [-0.15, -0.1) is 0 Å². The van der Waals surface area contributed by atoms with Gasteiger partial charge in [-0.1, -0.05) is 41.4 Å². The molecule has 4 nitrogen and oxygen atoms in total. The van der Waals surface area contributed by atoms with Crippen LogP contribution in [0.2, 0.25) is 5.02 Å². The van der Waals surface area contributed by atoms with Crippen LogP contribution < -0.4 is 10.2 Å². The first-order chi connectivity index (χ1) is 14.8. The monoisotopic (exact) mass is 434 g/mol. The number of carbonyl (C=O) groups is 2. The molecule has 0 radical (unpaired) electrons. The summed E-state index contributed by atoms with van der Waals surface area (Å²) in [6.07, 6.45) is 0. The van der Waals surface area contributed by atoms with E-state index in [-0.39, 0.29) is 11.3 Å². The molecule has 4 rings (SSSR count). The topological polar surface area (TPSA) is 49.4 Å². The van der Waals surface area contributed by atoms with Crippen molar-refractivity contribution < 1.29 is 14.0 Å². The molecule has 0 saturated heterocycles. The third-order valence-corrected chi connectivity index (χ3v) is 5.51. The van der Waals surface area contributed by atoms with Gasteiger partial charge in [-0.25, -0.2) is 9.29 Å². The predicted octanol–water partition coefficient (Wildman–Crippen LogP) is 5.80. The maximum Gasteiger partial charge on any atom is 0.282 e. The average Bonchev–Trinajstić information content (AvgIpc) is 2.96. The van der Waals surface area contributed by atoms with Crippen LogP contribution in [0.4, 0.5) is 15.8 Å². The molecule has 31 heavy (non-hydrogen) atoms. The molecule has 0 fully saturated rings. The van der Waals surface area contributed by atoms with E-state index in [1.165, 1.54) is 24.3 Å². The number of benzene rings is 3. The molecule has 0 spiro atoms. The minimum Gasteiger partial charge on any atom is -0.350 e. The molecular formula is C25H20ClFN2O2. The maximum absolute atomic E-state index is 13.5. The van der Waals surface area contributed by atoms with Crippen LogP contribution in [0, 0.1) is 26.6 Å². The third kappa shape index (κ3) is 3.84. The Morgan fingerprint density at radius 3 is 2.23 bits per heavy atom. The molecule has 0 atom stereocenters. The van der Waals surface area contributed by atoms with Crippen molar-refractivity contribution in [2.24, 2.45) is 0 Å². The number of rotatable bonds is 4. The second-order valence-corrected chi connectivity index (χ2v) is 8.01. The highest BCUT2D eigenvalue weighted by Gasteiger charge is 2.40. The zero-order valence-corrected chi connectivity index (χ0v) is 18.0. The van der Waals surface area contributed by atoms with Crippen molar-refractivity contribution in [3.63, 3.8) is 0 Å². The van der Waals surface area contributed by atoms with Crippen LogP contribution >= 0.6 is 11.6 Å². The van der Waals surface area contributed by atoms with Crippen LogP contribution in [-0.4, -0.2) is 11.8 Å². The lowest BCUT2D eigenvalue weighted by Gasteiger charge is -2.16. The quantitative estimate of drug-likeness (QED) is 0.528. The SMILES string of the molecule is Cc1ccc(C2=C(Nc3cc(Cl)ccc3C)C(=O)N(c3ccc(F)cc3)C2=O)c(C)c1. The lowest BCUT2D eigenvalue weighted by Crippen LogP contribution is -2.32. The van der Waals surface area contributed by atoms with E-state index in [9.17, 15) is 14.0 Å². The van der Waals surface area contributed by atoms with Crippen molar-refractivity contribution in [1.29, 1.82) is 0 Å². The number of anilines is 2. The molecule has 3 aromatic rings. The van der Waals surface area contributed by atoms with Crippen molar-refractivity contribution in [2.45, 2.75) is 20.8 Å². The second kappa shape index (κ2) is 8.00. The summed E-state index contributed by atoms with van der Waals surface area (Å²) in [7, 11) is 0. The zero-order chi connectivity index (χ0) is 22.3. The lowest BCUT2D eigenvalue weighted by atomic mass is 9.97. The number of carbonyl (C=O) groups excluding carboxylic acids is 2. The largest absolute Gasteiger partial charge is 0.350 e. The minimum atomic E-state index is -0.508. The highest BCUT2D eigenvalue weighted by atomic mass is 35.5. The highest BCUT2D eigenvalue weighted by molar-refractivity contribution is 6.46. The molecule has 2 amide bonds. The Hall–Kier alpha value is -3.44. The molecule has 6 heteroatoms. The molecule has 1 aliphatic heterocycles. The number of hydrogen-bond donors (Lipinski definition) is 1. The Kier molecular flexibility index (Phi) is 5.38. The summed E-state index contributed by atoms with van der Waals surface area (Å²) < 4.78 is 13.4. The van der Waals surface area contributed by atoms with Crippen LogP contribution in [0.3, 0.4) is 0 Å². The fourth-order valence-electron chi connectivity index (χ4n) is 3.68. The van der Waals surface area contributed by atoms with Crippen LogP contribution in [0.5, 0.6) is 0 Å². The molecule has 0 saturated carbocycles. The molecule has 0 aromatic heterocycles. The van der Waals surface area contributed by atoms with E-state index in [1.54, 1.807) is 12.1 Å². The molecular weight excluding hydrogens is 415 g/mol. The Morgan fingerprint density at radius 2 is 1.55 bits per heavy atom. The number of amides is 2. The molecule has 0 unspecified atom stereocenters. The molecule has 1 heterocycles. The Labute approximate surface area is 185 Å². The number of aryl methyl sites for hydroxylation is 3. The summed E-state index contributed by atoms with van der Waals surface area (Å²) in [4.78, 5) is 28.0. The number of nitrogens with zero attached hydrogens (tertiary/aromatic N) is 1. The Bertz CT molecular complexity index is 1250. The van der Waals surface area contributed by atoms with Gasteiger partial charge in [-0.3, -0.25) is 9.59 Å². The van der Waals surface area contributed by atoms with E-state index >= 15 is 0 Å². The fraction of sp³-hybridized carbons (Fsp3) is 0.120. The second-order valence-electron chi connectivity index (χ2n) is 7.57. The standard InChI is InChI=1S/C25H20ClFN2O2/c1-14-4-11-20(16(3)12-14)22-23(28-21-13-17(26)6-5-15(21)2)25(31)29(24(22)30)19-9-7-18(27)8-10-19/h4-13,28H,1-3H3. The molecule has 0 aliphatic carbocycles. The zero-order valence-electron chi connectivity index (χ0n) is 17.3. The lowest BCUT2D eigenvalue weighted by molar-refractivity contribution is -0.120. The molecule has 1 N–H and O–H groups in total. The first kappa shape index (κ1) is 20.8. The van der Waals surface area contributed by atoms with E-state index in [2.05, 4.69) is 5.32 Å². The smallest absolute Gasteiger partial charge is 0.282 e. The summed E-state index contributed by atoms with van der Waals surface area (Å²) in [5.41, 5.74) is 4.82. The summed E-state index contributed by atoms with van der Waals surface area (Å²) in [5.74, 6) is -1.42. The van der Waals surface area contributed by atoms with Gasteiger partial charge in [0.1, 0.15) is 11.5 Å². The van der Waals surface area contributed by atoms with Crippen molar-refractivity contribution in [3.8, 4) is 0 Å². The van der Waals surface area contributed by atoms with Gasteiger partial charge in [0.05, 0.1) is 11.3 Å². The van der Waals surface area contributed by atoms with Gasteiger partial charge in [-0.05, 0) is 73.9 Å². The van der Waals surface area contributed by atoms with Gasteiger partial charge in [0.25, 0.3) is 11.8 Å². The van der Waals surface area contributed by atoms with Gasteiger partial charge in [-0.2, -0.15) is 0 Å². The minimum absolute atomic E-state index is 0.159. The van der Waals surface area contributed by atoms with Gasteiger partial charge >= 0.3 is 0 Å². The van der Waals surface area contributed by atoms with Crippen LogP contribution in [0.25, 0.3) is 5.57 Å². The summed E-state index contributed by atoms with van der Waals surface area (Å²) in [6, 6.07) is 16.3. The number of halogens is 2. The first-order valence-electron chi connectivity index (χ1n) is 9.75. The van der Waals surface area contributed by atoms with Crippen LogP contribution in [0.1, 0.15) is 22.3 Å². The van der Waals surface area contributed by atoms with Gasteiger partial charge in [0.15, 0.2) is 0 Å². The normalized spacial score (nSPS) is 13.9. The van der Waals surface area contributed by atoms with Crippen LogP contribution in [0.15, 0.2) is 66.4 Å². The van der Waals surface area contributed by atoms with Gasteiger partial charge in [0.2, 0.25) is 0 Å². The summed E-state index contributed by atoms with van der Waals surface area (Å²) in [6.45, 7) is 5.75. The van der Waals surface area contributed by atoms with E-state index < -0.39 is 17.6 Å². The molecule has 156 valence electrons. The summed E-state index contributed by atoms with van der Waals surface area (Å²) >= 11 is 6.15. The van der Waals surface area contributed by atoms with Crippen molar-refractivity contribution in [2.75, 3.05) is 10.2 Å². The summed E-state index contributed by atoms with van der Waals surface area (Å²) in [5, 5.41) is 3.65. The van der Waals surface area contributed by atoms with E-state index in [1.807, 2.05) is 45.0 Å². The first-order valence-corrected chi connectivity index (χ1v) is 10.1. The van der Waals surface area contributed by atoms with Crippen molar-refractivity contribution in [3.05, 3.63) is 99.5 Å². The van der Waals surface area contributed by atoms with E-state index in [0.717, 1.165) is 21.6 Å². The number of hydrogen-bond acceptors (Lipinski definition) is 3. The highest BCUT2D eigenvalue weighted by Crippen LogP contribution is 2.36. The van der Waals surface area contributed by atoms with Crippen LogP contribution in [-0.2, 0) is 9.59 Å². The van der Waals surface area contributed by atoms with E-state index in [4.69, 9.17) is 11.6 Å². The molecule has 3 aromatic carbocycles.